The molecule has 1 aromatic heterocycles. The fourth-order valence-corrected chi connectivity index (χ4v) is 0.837. The van der Waals surface area contributed by atoms with Gasteiger partial charge in [0.15, 0.2) is 5.82 Å². The monoisotopic (exact) mass is 175 g/mol. The average molecular weight is 175 g/mol. The third kappa shape index (κ3) is 1.42. The number of hydrogen-bond acceptors (Lipinski definition) is 1. The van der Waals surface area contributed by atoms with E-state index in [1.165, 1.54) is 13.1 Å². The fourth-order valence-electron chi connectivity index (χ4n) is 0.837. The number of pyridine rings is 1. The van der Waals surface area contributed by atoms with Crippen LogP contribution < -0.4 is 0 Å². The van der Waals surface area contributed by atoms with Gasteiger partial charge in [-0.15, -0.1) is 0 Å². The maximum atomic E-state index is 13.0. The van der Waals surface area contributed by atoms with Crippen molar-refractivity contribution in [2.75, 3.05) is 0 Å². The number of hydrogen-bond donors (Lipinski definition) is 0. The van der Waals surface area contributed by atoms with Crippen molar-refractivity contribution >= 4 is 0 Å². The van der Waals surface area contributed by atoms with Crippen molar-refractivity contribution in [3.63, 3.8) is 0 Å². The van der Waals surface area contributed by atoms with E-state index < -0.39 is 17.9 Å². The molecule has 0 N–H and O–H groups in total. The van der Waals surface area contributed by atoms with Gasteiger partial charge in [-0.2, -0.15) is 0 Å². The Bertz CT molecular complexity index is 297. The van der Waals surface area contributed by atoms with Gasteiger partial charge in [-0.3, -0.25) is 4.98 Å². The third-order valence-corrected chi connectivity index (χ3v) is 1.75. The lowest BCUT2D eigenvalue weighted by Crippen LogP contribution is -1.99. The number of rotatable bonds is 1. The van der Waals surface area contributed by atoms with E-state index in [1.54, 1.807) is 6.92 Å². The van der Waals surface area contributed by atoms with Crippen LogP contribution in [0, 0.1) is 19.7 Å². The second kappa shape index (κ2) is 3.13. The largest absolute Gasteiger partial charge is 0.283 e. The Morgan fingerprint density at radius 1 is 1.33 bits per heavy atom. The Kier molecular flexibility index (Phi) is 2.35. The average Bonchev–Trinajstić information content (AvgIpc) is 2.00. The second-order valence-corrected chi connectivity index (χ2v) is 2.57. The predicted octanol–water partition coefficient (Wildman–Crippen LogP) is 2.78. The van der Waals surface area contributed by atoms with Gasteiger partial charge in [0.25, 0.3) is 6.43 Å². The number of halogens is 3. The van der Waals surface area contributed by atoms with Gasteiger partial charge in [-0.05, 0) is 25.0 Å². The van der Waals surface area contributed by atoms with E-state index in [0.29, 0.717) is 5.56 Å². The zero-order chi connectivity index (χ0) is 9.30. The van der Waals surface area contributed by atoms with E-state index in [-0.39, 0.29) is 5.56 Å². The molecule has 0 spiro atoms. The highest BCUT2D eigenvalue weighted by atomic mass is 19.3. The van der Waals surface area contributed by atoms with Crippen molar-refractivity contribution in [2.24, 2.45) is 0 Å². The summed E-state index contributed by atoms with van der Waals surface area (Å²) in [4.78, 5) is 3.31. The number of aryl methyl sites for hydroxylation is 1. The first-order valence-corrected chi connectivity index (χ1v) is 3.43. The van der Waals surface area contributed by atoms with Gasteiger partial charge < -0.3 is 0 Å². The summed E-state index contributed by atoms with van der Waals surface area (Å²) in [6.07, 6.45) is -1.59. The SMILES string of the molecule is Cc1cnc(C(F)F)c(F)c1C. The molecule has 1 heterocycles. The van der Waals surface area contributed by atoms with E-state index >= 15 is 0 Å². The Morgan fingerprint density at radius 3 is 2.42 bits per heavy atom. The molecule has 0 aromatic carbocycles. The van der Waals surface area contributed by atoms with Crippen LogP contribution in [0.25, 0.3) is 0 Å². The number of aromatic nitrogens is 1. The van der Waals surface area contributed by atoms with E-state index in [4.69, 9.17) is 0 Å². The van der Waals surface area contributed by atoms with E-state index in [2.05, 4.69) is 4.98 Å². The highest BCUT2D eigenvalue weighted by Crippen LogP contribution is 2.22. The van der Waals surface area contributed by atoms with Crippen LogP contribution in [-0.4, -0.2) is 4.98 Å². The molecule has 0 amide bonds. The van der Waals surface area contributed by atoms with Crippen molar-refractivity contribution < 1.29 is 13.2 Å². The van der Waals surface area contributed by atoms with E-state index in [9.17, 15) is 13.2 Å². The van der Waals surface area contributed by atoms with Gasteiger partial charge >= 0.3 is 0 Å². The zero-order valence-electron chi connectivity index (χ0n) is 6.74. The minimum absolute atomic E-state index is 0.236. The molecule has 0 radical (unpaired) electrons. The van der Waals surface area contributed by atoms with Crippen molar-refractivity contribution in [1.29, 1.82) is 0 Å². The summed E-state index contributed by atoms with van der Waals surface area (Å²) >= 11 is 0. The highest BCUT2D eigenvalue weighted by molar-refractivity contribution is 5.26. The summed E-state index contributed by atoms with van der Waals surface area (Å²) in [5, 5.41) is 0. The topological polar surface area (TPSA) is 12.9 Å². The van der Waals surface area contributed by atoms with Gasteiger partial charge in [-0.25, -0.2) is 13.2 Å². The lowest BCUT2D eigenvalue weighted by Gasteiger charge is -2.05. The zero-order valence-corrected chi connectivity index (χ0v) is 6.74. The van der Waals surface area contributed by atoms with Crippen molar-refractivity contribution in [3.05, 3.63) is 28.8 Å². The minimum atomic E-state index is -2.84. The standard InChI is InChI=1S/C8H8F3N/c1-4-3-12-7(8(10)11)6(9)5(4)2/h3,8H,1-2H3. The summed E-state index contributed by atoms with van der Waals surface area (Å²) in [6, 6.07) is 0. The molecule has 1 rings (SSSR count). The Labute approximate surface area is 68.2 Å². The molecule has 0 atom stereocenters. The van der Waals surface area contributed by atoms with E-state index in [0.717, 1.165) is 0 Å². The fraction of sp³-hybridized carbons (Fsp3) is 0.375. The molecule has 0 aliphatic carbocycles. The molecule has 0 saturated heterocycles. The Balaban J connectivity index is 3.27. The molecule has 1 nitrogen and oxygen atoms in total. The molecule has 4 heteroatoms. The normalized spacial score (nSPS) is 10.8. The maximum absolute atomic E-state index is 13.0. The first-order valence-electron chi connectivity index (χ1n) is 3.43. The van der Waals surface area contributed by atoms with Crippen LogP contribution in [0.2, 0.25) is 0 Å². The molecule has 66 valence electrons. The van der Waals surface area contributed by atoms with Crippen LogP contribution in [0.5, 0.6) is 0 Å². The van der Waals surface area contributed by atoms with Crippen LogP contribution in [-0.2, 0) is 0 Å². The van der Waals surface area contributed by atoms with Crippen LogP contribution in [0.15, 0.2) is 6.20 Å². The third-order valence-electron chi connectivity index (χ3n) is 1.75. The first kappa shape index (κ1) is 9.03. The van der Waals surface area contributed by atoms with Gasteiger partial charge in [0.1, 0.15) is 5.69 Å². The van der Waals surface area contributed by atoms with Crippen LogP contribution in [0.3, 0.4) is 0 Å². The first-order chi connectivity index (χ1) is 5.54. The van der Waals surface area contributed by atoms with Crippen molar-refractivity contribution in [2.45, 2.75) is 20.3 Å². The molecule has 0 aliphatic rings. The molecular formula is C8H8F3N. The maximum Gasteiger partial charge on any atom is 0.283 e. The Hall–Kier alpha value is -1.06. The lowest BCUT2D eigenvalue weighted by atomic mass is 10.1. The molecular weight excluding hydrogens is 167 g/mol. The van der Waals surface area contributed by atoms with Crippen LogP contribution >= 0.6 is 0 Å². The van der Waals surface area contributed by atoms with Crippen LogP contribution in [0.4, 0.5) is 13.2 Å². The quantitative estimate of drug-likeness (QED) is 0.639. The number of nitrogens with zero attached hydrogens (tertiary/aromatic N) is 1. The molecule has 0 saturated carbocycles. The molecule has 0 fully saturated rings. The predicted molar refractivity (Wildman–Crippen MR) is 38.6 cm³/mol. The molecule has 0 aliphatic heterocycles. The van der Waals surface area contributed by atoms with Gasteiger partial charge in [-0.1, -0.05) is 0 Å². The number of alkyl halides is 2. The lowest BCUT2D eigenvalue weighted by molar-refractivity contribution is 0.140. The second-order valence-electron chi connectivity index (χ2n) is 2.57. The Morgan fingerprint density at radius 2 is 1.92 bits per heavy atom. The highest BCUT2D eigenvalue weighted by Gasteiger charge is 2.17. The molecule has 0 bridgehead atoms. The molecule has 0 unspecified atom stereocenters. The van der Waals surface area contributed by atoms with Crippen molar-refractivity contribution in [3.8, 4) is 0 Å². The summed E-state index contributed by atoms with van der Waals surface area (Å²) < 4.78 is 37.0. The van der Waals surface area contributed by atoms with Gasteiger partial charge in [0.05, 0.1) is 0 Å². The van der Waals surface area contributed by atoms with Crippen molar-refractivity contribution in [1.82, 2.24) is 4.98 Å². The summed E-state index contributed by atoms with van der Waals surface area (Å²) in [5.41, 5.74) is 0.0512. The van der Waals surface area contributed by atoms with Gasteiger partial charge in [0, 0.05) is 6.20 Å². The molecule has 12 heavy (non-hydrogen) atoms. The van der Waals surface area contributed by atoms with Crippen LogP contribution in [0.1, 0.15) is 23.2 Å². The molecule has 1 aromatic rings. The summed E-state index contributed by atoms with van der Waals surface area (Å²) in [5.74, 6) is -0.898. The summed E-state index contributed by atoms with van der Waals surface area (Å²) in [6.45, 7) is 3.08. The smallest absolute Gasteiger partial charge is 0.252 e. The minimum Gasteiger partial charge on any atom is -0.252 e. The summed E-state index contributed by atoms with van der Waals surface area (Å²) in [7, 11) is 0. The van der Waals surface area contributed by atoms with E-state index in [1.807, 2.05) is 0 Å². The van der Waals surface area contributed by atoms with Gasteiger partial charge in [0.2, 0.25) is 0 Å².